The fourth-order valence-corrected chi connectivity index (χ4v) is 8.22. The highest BCUT2D eigenvalue weighted by molar-refractivity contribution is 6.45. The third kappa shape index (κ3) is 5.08. The first-order valence-electron chi connectivity index (χ1n) is 15.6. The number of hydrogen-bond donors (Lipinski definition) is 0. The average Bonchev–Trinajstić information content (AvgIpc) is 3.48. The van der Waals surface area contributed by atoms with Crippen LogP contribution >= 0.6 is 46.4 Å². The third-order valence-electron chi connectivity index (χ3n) is 9.51. The van der Waals surface area contributed by atoms with Gasteiger partial charge in [-0.2, -0.15) is 0 Å². The van der Waals surface area contributed by atoms with Gasteiger partial charge in [-0.25, -0.2) is 0 Å². The Morgan fingerprint density at radius 3 is 0.875 bits per heavy atom. The zero-order chi connectivity index (χ0) is 34.1. The van der Waals surface area contributed by atoms with Crippen molar-refractivity contribution in [1.29, 1.82) is 0 Å². The van der Waals surface area contributed by atoms with Crippen molar-refractivity contribution in [2.45, 2.75) is 10.8 Å². The quantitative estimate of drug-likeness (QED) is 0.105. The number of nitrogens with zero attached hydrogens (tertiary/aromatic N) is 2. The summed E-state index contributed by atoms with van der Waals surface area (Å²) in [7, 11) is 0. The van der Waals surface area contributed by atoms with Crippen molar-refractivity contribution in [3.8, 4) is 0 Å². The molecular weight excluding hydrogens is 690 g/mol. The van der Waals surface area contributed by atoms with Crippen LogP contribution in [-0.2, 0) is 10.8 Å². The van der Waals surface area contributed by atoms with Crippen LogP contribution in [0.1, 0.15) is 52.6 Å². The van der Waals surface area contributed by atoms with E-state index in [4.69, 9.17) is 46.4 Å². The molecule has 0 fully saturated rings. The van der Waals surface area contributed by atoms with Crippen molar-refractivity contribution in [2.75, 3.05) is 59.5 Å². The second kappa shape index (κ2) is 14.0. The number of carbonyl (C=O) groups is 4. The molecule has 0 aliphatic heterocycles. The predicted molar refractivity (Wildman–Crippen MR) is 194 cm³/mol. The number of carbonyl (C=O) groups excluding carboxylic acids is 4. The Balaban J connectivity index is 1.65. The van der Waals surface area contributed by atoms with E-state index in [1.54, 1.807) is 97.1 Å². The maximum atomic E-state index is 15.1. The van der Waals surface area contributed by atoms with Crippen molar-refractivity contribution < 1.29 is 19.2 Å². The van der Waals surface area contributed by atoms with E-state index < -0.39 is 34.0 Å². The number of hydrogen-bond acceptors (Lipinski definition) is 6. The molecule has 0 amide bonds. The lowest BCUT2D eigenvalue weighted by Gasteiger charge is -2.42. The molecule has 10 heteroatoms. The summed E-state index contributed by atoms with van der Waals surface area (Å²) < 4.78 is 0. The molecule has 0 heterocycles. The van der Waals surface area contributed by atoms with Crippen LogP contribution in [0.2, 0.25) is 0 Å². The van der Waals surface area contributed by atoms with Crippen molar-refractivity contribution >= 4 is 80.9 Å². The predicted octanol–water partition coefficient (Wildman–Crippen LogP) is 7.59. The van der Waals surface area contributed by atoms with E-state index in [0.717, 1.165) is 11.4 Å². The number of benzene rings is 4. The molecule has 48 heavy (non-hydrogen) atoms. The maximum Gasteiger partial charge on any atom is 0.183 e. The van der Waals surface area contributed by atoms with Gasteiger partial charge in [0.05, 0.1) is 0 Å². The summed E-state index contributed by atoms with van der Waals surface area (Å²) >= 11 is 24.3. The highest BCUT2D eigenvalue weighted by Gasteiger charge is 2.75. The fourth-order valence-electron chi connectivity index (χ4n) is 7.40. The summed E-state index contributed by atoms with van der Waals surface area (Å²) in [4.78, 5) is 64.4. The minimum Gasteiger partial charge on any atom is -0.369 e. The SMILES string of the molecule is O=C1c2ccccc2C(=O)C1(c1ccc(N(CCCl)CCCl)cc1)C1(c2ccc(N(CCCl)CCCl)cc2)C(=O)c2ccccc2C1=O. The van der Waals surface area contributed by atoms with Crippen LogP contribution < -0.4 is 9.80 Å². The van der Waals surface area contributed by atoms with Crippen LogP contribution in [0.5, 0.6) is 0 Å². The van der Waals surface area contributed by atoms with E-state index >= 15 is 19.2 Å². The minimum absolute atomic E-state index is 0.167. The molecule has 2 aliphatic carbocycles. The fraction of sp³-hybridized carbons (Fsp3) is 0.263. The first-order chi connectivity index (χ1) is 23.3. The van der Waals surface area contributed by atoms with Gasteiger partial charge in [0.15, 0.2) is 23.1 Å². The molecule has 0 bridgehead atoms. The van der Waals surface area contributed by atoms with Crippen LogP contribution in [0.15, 0.2) is 97.1 Å². The second-order valence-corrected chi connectivity index (χ2v) is 13.2. The van der Waals surface area contributed by atoms with Crippen molar-refractivity contribution in [2.24, 2.45) is 0 Å². The van der Waals surface area contributed by atoms with E-state index in [2.05, 4.69) is 0 Å². The largest absolute Gasteiger partial charge is 0.369 e. The lowest BCUT2D eigenvalue weighted by molar-refractivity contribution is 0.0557. The van der Waals surface area contributed by atoms with E-state index in [0.29, 0.717) is 49.7 Å². The monoisotopic (exact) mass is 720 g/mol. The van der Waals surface area contributed by atoms with E-state index in [-0.39, 0.29) is 33.4 Å². The van der Waals surface area contributed by atoms with E-state index in [9.17, 15) is 0 Å². The van der Waals surface area contributed by atoms with Crippen molar-refractivity contribution in [1.82, 2.24) is 0 Å². The molecule has 246 valence electrons. The zero-order valence-corrected chi connectivity index (χ0v) is 29.0. The molecule has 2 aliphatic rings. The smallest absolute Gasteiger partial charge is 0.183 e. The van der Waals surface area contributed by atoms with Gasteiger partial charge in [-0.1, -0.05) is 72.8 Å². The molecule has 0 saturated carbocycles. The lowest BCUT2D eigenvalue weighted by atomic mass is 9.52. The third-order valence-corrected chi connectivity index (χ3v) is 10.2. The Morgan fingerprint density at radius 1 is 0.396 bits per heavy atom. The number of anilines is 2. The van der Waals surface area contributed by atoms with Crippen LogP contribution in [0.4, 0.5) is 11.4 Å². The van der Waals surface area contributed by atoms with Gasteiger partial charge in [0.2, 0.25) is 0 Å². The van der Waals surface area contributed by atoms with Gasteiger partial charge >= 0.3 is 0 Å². The van der Waals surface area contributed by atoms with Gasteiger partial charge in [-0.05, 0) is 35.4 Å². The Labute approximate surface area is 299 Å². The van der Waals surface area contributed by atoms with Gasteiger partial charge in [0.1, 0.15) is 10.8 Å². The summed E-state index contributed by atoms with van der Waals surface area (Å²) in [6.07, 6.45) is 0. The summed E-state index contributed by atoms with van der Waals surface area (Å²) in [6, 6.07) is 26.9. The van der Waals surface area contributed by atoms with Crippen LogP contribution in [0.25, 0.3) is 0 Å². The Morgan fingerprint density at radius 2 is 0.646 bits per heavy atom. The molecule has 6 rings (SSSR count). The molecule has 4 aromatic carbocycles. The molecule has 0 unspecified atom stereocenters. The topological polar surface area (TPSA) is 74.8 Å². The van der Waals surface area contributed by atoms with Gasteiger partial charge < -0.3 is 9.80 Å². The van der Waals surface area contributed by atoms with E-state index in [1.165, 1.54) is 0 Å². The summed E-state index contributed by atoms with van der Waals surface area (Å²) in [6.45, 7) is 2.09. The highest BCUT2D eigenvalue weighted by atomic mass is 35.5. The highest BCUT2D eigenvalue weighted by Crippen LogP contribution is 2.58. The van der Waals surface area contributed by atoms with Crippen molar-refractivity contribution in [3.05, 3.63) is 130 Å². The number of Topliss-reactive ketones (excluding diaryl/α,β-unsaturated/α-hetero) is 4. The molecule has 4 aromatic rings. The number of rotatable bonds is 13. The Kier molecular flexibility index (Phi) is 10.0. The standard InChI is InChI=1S/C38H32Cl4N2O4/c39-17-21-43(22-18-40)27-13-9-25(10-14-27)37(33(45)29-5-1-2-6-30(29)34(37)46)38(35(47)31-7-3-4-8-32(31)36(38)48)26-11-15-28(16-12-26)44(23-19-41)24-20-42/h1-16H,17-24H2. The zero-order valence-electron chi connectivity index (χ0n) is 25.9. The summed E-state index contributed by atoms with van der Waals surface area (Å²) in [5.41, 5.74) is -1.76. The van der Waals surface area contributed by atoms with Crippen molar-refractivity contribution in [3.63, 3.8) is 0 Å². The van der Waals surface area contributed by atoms with Gasteiger partial charge in [0, 0.05) is 83.3 Å². The van der Waals surface area contributed by atoms with Gasteiger partial charge in [0.25, 0.3) is 0 Å². The molecule has 0 atom stereocenters. The normalized spacial score (nSPS) is 15.8. The number of halogens is 4. The second-order valence-electron chi connectivity index (χ2n) is 11.7. The number of alkyl halides is 4. The molecule has 0 radical (unpaired) electrons. The van der Waals surface area contributed by atoms with Crippen LogP contribution in [0, 0.1) is 0 Å². The van der Waals surface area contributed by atoms with Crippen LogP contribution in [-0.4, -0.2) is 72.8 Å². The van der Waals surface area contributed by atoms with Crippen LogP contribution in [0.3, 0.4) is 0 Å². The first-order valence-corrected chi connectivity index (χ1v) is 17.8. The van der Waals surface area contributed by atoms with E-state index in [1.807, 2.05) is 9.80 Å². The molecule has 0 N–H and O–H groups in total. The summed E-state index contributed by atoms with van der Waals surface area (Å²) in [5, 5.41) is 0. The van der Waals surface area contributed by atoms with Gasteiger partial charge in [-0.3, -0.25) is 19.2 Å². The lowest BCUT2D eigenvalue weighted by Crippen LogP contribution is -2.62. The maximum absolute atomic E-state index is 15.1. The molecular formula is C38H32Cl4N2O4. The Hall–Kier alpha value is -3.68. The van der Waals surface area contributed by atoms with Gasteiger partial charge in [-0.15, -0.1) is 46.4 Å². The molecule has 6 nitrogen and oxygen atoms in total. The first kappa shape index (κ1) is 34.2. The number of fused-ring (bicyclic) bond motifs is 2. The molecule has 0 saturated heterocycles. The molecule has 0 spiro atoms. The molecule has 0 aromatic heterocycles. The Bertz CT molecular complexity index is 1660. The summed E-state index contributed by atoms with van der Waals surface area (Å²) in [5.74, 6) is -0.940. The minimum atomic E-state index is -2.24. The number of ketones is 4. The average molecular weight is 722 g/mol.